The van der Waals surface area contributed by atoms with E-state index in [9.17, 15) is 4.39 Å². The molecule has 11 heavy (non-hydrogen) atoms. The van der Waals surface area contributed by atoms with Gasteiger partial charge in [-0.05, 0) is 32.4 Å². The molecule has 0 aliphatic rings. The molecule has 3 heteroatoms. The minimum Gasteiger partial charge on any atom is -0.317 e. The normalized spacial score (nSPS) is 13.4. The average Bonchev–Trinajstić information content (AvgIpc) is 2.04. The predicted octanol–water partition coefficient (Wildman–Crippen LogP) is 2.50. The van der Waals surface area contributed by atoms with Crippen molar-refractivity contribution in [1.29, 1.82) is 0 Å². The number of hydrogen-bond donors (Lipinski definition) is 1. The van der Waals surface area contributed by atoms with Gasteiger partial charge >= 0.3 is 0 Å². The van der Waals surface area contributed by atoms with Crippen molar-refractivity contribution in [3.63, 3.8) is 0 Å². The van der Waals surface area contributed by atoms with Crippen LogP contribution < -0.4 is 5.32 Å². The van der Waals surface area contributed by atoms with Gasteiger partial charge in [-0.3, -0.25) is 4.39 Å². The Balaban J connectivity index is 2.89. The SMILES string of the molecule is CCC(Br)CCNCCCF. The zero-order chi connectivity index (χ0) is 8.53. The second-order valence-electron chi connectivity index (χ2n) is 2.59. The predicted molar refractivity (Wildman–Crippen MR) is 51.1 cm³/mol. The van der Waals surface area contributed by atoms with Crippen molar-refractivity contribution in [3.05, 3.63) is 0 Å². The molecule has 0 aromatic rings. The van der Waals surface area contributed by atoms with Crippen LogP contribution in [0.15, 0.2) is 0 Å². The molecule has 0 aliphatic carbocycles. The van der Waals surface area contributed by atoms with E-state index < -0.39 is 0 Å². The monoisotopic (exact) mass is 225 g/mol. The molecular formula is C8H17BrFN. The van der Waals surface area contributed by atoms with Crippen LogP contribution in [0.5, 0.6) is 0 Å². The van der Waals surface area contributed by atoms with E-state index in [4.69, 9.17) is 0 Å². The summed E-state index contributed by atoms with van der Waals surface area (Å²) in [5, 5.41) is 3.18. The Morgan fingerprint density at radius 2 is 2.18 bits per heavy atom. The summed E-state index contributed by atoms with van der Waals surface area (Å²) in [5.74, 6) is 0. The van der Waals surface area contributed by atoms with Gasteiger partial charge in [-0.25, -0.2) is 0 Å². The van der Waals surface area contributed by atoms with Crippen LogP contribution in [0.2, 0.25) is 0 Å². The number of rotatable bonds is 7. The molecule has 1 nitrogen and oxygen atoms in total. The Morgan fingerprint density at radius 3 is 2.73 bits per heavy atom. The molecule has 0 spiro atoms. The Kier molecular flexibility index (Phi) is 8.75. The fourth-order valence-corrected chi connectivity index (χ4v) is 1.01. The molecule has 0 saturated carbocycles. The summed E-state index contributed by atoms with van der Waals surface area (Å²) in [4.78, 5) is 0.611. The molecular weight excluding hydrogens is 209 g/mol. The van der Waals surface area contributed by atoms with Crippen LogP contribution in [0, 0.1) is 0 Å². The first-order valence-corrected chi connectivity index (χ1v) is 5.13. The van der Waals surface area contributed by atoms with E-state index in [1.54, 1.807) is 0 Å². The van der Waals surface area contributed by atoms with Crippen molar-refractivity contribution >= 4 is 15.9 Å². The summed E-state index contributed by atoms with van der Waals surface area (Å²) in [5.41, 5.74) is 0. The van der Waals surface area contributed by atoms with Crippen LogP contribution in [0.25, 0.3) is 0 Å². The van der Waals surface area contributed by atoms with Crippen LogP contribution >= 0.6 is 15.9 Å². The summed E-state index contributed by atoms with van der Waals surface area (Å²) >= 11 is 3.53. The number of hydrogen-bond acceptors (Lipinski definition) is 1. The van der Waals surface area contributed by atoms with Crippen LogP contribution in [0.4, 0.5) is 4.39 Å². The van der Waals surface area contributed by atoms with Crippen molar-refractivity contribution in [2.45, 2.75) is 31.0 Å². The average molecular weight is 226 g/mol. The van der Waals surface area contributed by atoms with Gasteiger partial charge < -0.3 is 5.32 Å². The lowest BCUT2D eigenvalue weighted by atomic mass is 10.2. The summed E-state index contributed by atoms with van der Waals surface area (Å²) < 4.78 is 11.6. The molecule has 1 N–H and O–H groups in total. The van der Waals surface area contributed by atoms with Gasteiger partial charge in [-0.2, -0.15) is 0 Å². The van der Waals surface area contributed by atoms with Crippen molar-refractivity contribution < 1.29 is 4.39 Å². The summed E-state index contributed by atoms with van der Waals surface area (Å²) in [7, 11) is 0. The molecule has 0 rings (SSSR count). The van der Waals surface area contributed by atoms with Crippen LogP contribution in [-0.2, 0) is 0 Å². The minimum atomic E-state index is -0.210. The third kappa shape index (κ3) is 8.27. The highest BCUT2D eigenvalue weighted by molar-refractivity contribution is 9.09. The topological polar surface area (TPSA) is 12.0 Å². The molecule has 1 atom stereocenters. The van der Waals surface area contributed by atoms with E-state index >= 15 is 0 Å². The first-order chi connectivity index (χ1) is 5.31. The highest BCUT2D eigenvalue weighted by Crippen LogP contribution is 2.07. The lowest BCUT2D eigenvalue weighted by Gasteiger charge is -2.06. The molecule has 0 aromatic heterocycles. The Hall–Kier alpha value is 0.370. The van der Waals surface area contributed by atoms with Gasteiger partial charge in [0.2, 0.25) is 0 Å². The largest absolute Gasteiger partial charge is 0.317 e. The van der Waals surface area contributed by atoms with Gasteiger partial charge in [0.1, 0.15) is 0 Å². The van der Waals surface area contributed by atoms with Gasteiger partial charge in [-0.1, -0.05) is 22.9 Å². The maximum Gasteiger partial charge on any atom is 0.0906 e. The van der Waals surface area contributed by atoms with E-state index in [1.807, 2.05) is 0 Å². The van der Waals surface area contributed by atoms with Crippen molar-refractivity contribution in [1.82, 2.24) is 5.32 Å². The molecule has 0 fully saturated rings. The highest BCUT2D eigenvalue weighted by Gasteiger charge is 1.98. The molecule has 0 aliphatic heterocycles. The van der Waals surface area contributed by atoms with Crippen LogP contribution in [-0.4, -0.2) is 24.6 Å². The zero-order valence-electron chi connectivity index (χ0n) is 7.08. The third-order valence-corrected chi connectivity index (χ3v) is 2.67. The lowest BCUT2D eigenvalue weighted by Crippen LogP contribution is -2.19. The van der Waals surface area contributed by atoms with E-state index in [2.05, 4.69) is 28.2 Å². The minimum absolute atomic E-state index is 0.210. The first-order valence-electron chi connectivity index (χ1n) is 4.22. The second kappa shape index (κ2) is 8.47. The standard InChI is InChI=1S/C8H17BrFN/c1-2-8(9)4-7-11-6-3-5-10/h8,11H,2-7H2,1H3. The van der Waals surface area contributed by atoms with Gasteiger partial charge in [0.05, 0.1) is 6.67 Å². The van der Waals surface area contributed by atoms with E-state index in [1.165, 1.54) is 0 Å². The fraction of sp³-hybridized carbons (Fsp3) is 1.00. The maximum absolute atomic E-state index is 11.6. The third-order valence-electron chi connectivity index (χ3n) is 1.56. The van der Waals surface area contributed by atoms with Crippen molar-refractivity contribution in [2.24, 2.45) is 0 Å². The highest BCUT2D eigenvalue weighted by atomic mass is 79.9. The van der Waals surface area contributed by atoms with Crippen molar-refractivity contribution in [2.75, 3.05) is 19.8 Å². The van der Waals surface area contributed by atoms with Gasteiger partial charge in [-0.15, -0.1) is 0 Å². The molecule has 0 heterocycles. The van der Waals surface area contributed by atoms with Gasteiger partial charge in [0.25, 0.3) is 0 Å². The second-order valence-corrected chi connectivity index (χ2v) is 3.88. The van der Waals surface area contributed by atoms with Gasteiger partial charge in [0.15, 0.2) is 0 Å². The molecule has 0 aromatic carbocycles. The van der Waals surface area contributed by atoms with Gasteiger partial charge in [0, 0.05) is 4.83 Å². The number of nitrogens with one attached hydrogen (secondary N) is 1. The van der Waals surface area contributed by atoms with E-state index in [0.717, 1.165) is 25.9 Å². The summed E-state index contributed by atoms with van der Waals surface area (Å²) in [6.07, 6.45) is 2.92. The van der Waals surface area contributed by atoms with E-state index in [-0.39, 0.29) is 6.67 Å². The molecule has 0 radical (unpaired) electrons. The van der Waals surface area contributed by atoms with Crippen LogP contribution in [0.1, 0.15) is 26.2 Å². The Morgan fingerprint density at radius 1 is 1.45 bits per heavy atom. The Bertz CT molecular complexity index is 80.5. The molecule has 0 amide bonds. The molecule has 0 saturated heterocycles. The zero-order valence-corrected chi connectivity index (χ0v) is 8.66. The maximum atomic E-state index is 11.6. The first kappa shape index (κ1) is 11.4. The van der Waals surface area contributed by atoms with Crippen LogP contribution in [0.3, 0.4) is 0 Å². The quantitative estimate of drug-likeness (QED) is 0.519. The molecule has 1 unspecified atom stereocenters. The molecule has 0 bridgehead atoms. The summed E-state index contributed by atoms with van der Waals surface area (Å²) in [6.45, 7) is 3.74. The molecule has 68 valence electrons. The number of halogens is 2. The fourth-order valence-electron chi connectivity index (χ4n) is 0.780. The van der Waals surface area contributed by atoms with E-state index in [0.29, 0.717) is 11.2 Å². The smallest absolute Gasteiger partial charge is 0.0906 e. The Labute approximate surface area is 76.9 Å². The summed E-state index contributed by atoms with van der Waals surface area (Å²) in [6, 6.07) is 0. The number of alkyl halides is 2. The van der Waals surface area contributed by atoms with Crippen molar-refractivity contribution in [3.8, 4) is 0 Å². The lowest BCUT2D eigenvalue weighted by molar-refractivity contribution is 0.458.